The smallest absolute Gasteiger partial charge is 0.274 e. The SMILES string of the molecule is Cc1ccc(C)c(Nc2cc(C(=O)Nc3cccc(Cl)c3)ncn2)c1. The van der Waals surface area contributed by atoms with Gasteiger partial charge in [-0.05, 0) is 49.2 Å². The summed E-state index contributed by atoms with van der Waals surface area (Å²) in [6.07, 6.45) is 1.36. The molecule has 0 bridgehead atoms. The van der Waals surface area contributed by atoms with E-state index in [9.17, 15) is 4.79 Å². The number of rotatable bonds is 4. The second-order valence-corrected chi connectivity index (χ2v) is 6.13. The van der Waals surface area contributed by atoms with Crippen LogP contribution in [0.3, 0.4) is 0 Å². The molecule has 0 spiro atoms. The molecule has 5 nitrogen and oxygen atoms in total. The lowest BCUT2D eigenvalue weighted by molar-refractivity contribution is 0.102. The number of carbonyl (C=O) groups excluding carboxylic acids is 1. The zero-order valence-electron chi connectivity index (χ0n) is 13.9. The number of aryl methyl sites for hydroxylation is 2. The number of aromatic nitrogens is 2. The van der Waals surface area contributed by atoms with Gasteiger partial charge < -0.3 is 10.6 Å². The van der Waals surface area contributed by atoms with E-state index in [2.05, 4.69) is 20.6 Å². The number of carbonyl (C=O) groups is 1. The van der Waals surface area contributed by atoms with Gasteiger partial charge in [0.2, 0.25) is 0 Å². The summed E-state index contributed by atoms with van der Waals surface area (Å²) in [6, 6.07) is 14.7. The third kappa shape index (κ3) is 4.33. The first-order chi connectivity index (χ1) is 12.0. The Kier molecular flexibility index (Phi) is 4.95. The molecule has 3 rings (SSSR count). The summed E-state index contributed by atoms with van der Waals surface area (Å²) in [7, 11) is 0. The fraction of sp³-hybridized carbons (Fsp3) is 0.105. The molecule has 2 N–H and O–H groups in total. The molecule has 0 aliphatic heterocycles. The molecule has 0 unspecified atom stereocenters. The quantitative estimate of drug-likeness (QED) is 0.711. The van der Waals surface area contributed by atoms with Crippen molar-refractivity contribution >= 4 is 34.7 Å². The summed E-state index contributed by atoms with van der Waals surface area (Å²) in [4.78, 5) is 20.6. The van der Waals surface area contributed by atoms with Gasteiger partial charge in [-0.2, -0.15) is 0 Å². The minimum Gasteiger partial charge on any atom is -0.340 e. The number of nitrogens with one attached hydrogen (secondary N) is 2. The normalized spacial score (nSPS) is 10.4. The molecule has 1 amide bonds. The molecule has 0 radical (unpaired) electrons. The fourth-order valence-corrected chi connectivity index (χ4v) is 2.51. The summed E-state index contributed by atoms with van der Waals surface area (Å²) in [5, 5.41) is 6.55. The first kappa shape index (κ1) is 16.9. The van der Waals surface area contributed by atoms with Gasteiger partial charge in [0.1, 0.15) is 17.8 Å². The zero-order chi connectivity index (χ0) is 17.8. The summed E-state index contributed by atoms with van der Waals surface area (Å²) >= 11 is 5.93. The number of amides is 1. The van der Waals surface area contributed by atoms with Gasteiger partial charge in [0.25, 0.3) is 5.91 Å². The van der Waals surface area contributed by atoms with Crippen molar-refractivity contribution < 1.29 is 4.79 Å². The van der Waals surface area contributed by atoms with Crippen LogP contribution in [0.1, 0.15) is 21.6 Å². The Labute approximate surface area is 151 Å². The van der Waals surface area contributed by atoms with Crippen LogP contribution in [0.5, 0.6) is 0 Å². The summed E-state index contributed by atoms with van der Waals surface area (Å²) in [5.74, 6) is 0.230. The highest BCUT2D eigenvalue weighted by Crippen LogP contribution is 2.21. The van der Waals surface area contributed by atoms with Gasteiger partial charge >= 0.3 is 0 Å². The van der Waals surface area contributed by atoms with Crippen molar-refractivity contribution in [3.63, 3.8) is 0 Å². The first-order valence-corrected chi connectivity index (χ1v) is 8.12. The molecule has 0 atom stereocenters. The Balaban J connectivity index is 1.79. The molecule has 0 saturated heterocycles. The molecule has 3 aromatic rings. The Morgan fingerprint density at radius 1 is 1.04 bits per heavy atom. The average molecular weight is 353 g/mol. The van der Waals surface area contributed by atoms with Gasteiger partial charge in [-0.25, -0.2) is 9.97 Å². The lowest BCUT2D eigenvalue weighted by atomic mass is 10.1. The largest absolute Gasteiger partial charge is 0.340 e. The average Bonchev–Trinajstić information content (AvgIpc) is 2.58. The van der Waals surface area contributed by atoms with Gasteiger partial charge in [-0.15, -0.1) is 0 Å². The maximum Gasteiger partial charge on any atom is 0.274 e. The molecule has 126 valence electrons. The molecular formula is C19H17ClN4O. The maximum absolute atomic E-state index is 12.4. The van der Waals surface area contributed by atoms with Gasteiger partial charge in [-0.1, -0.05) is 29.8 Å². The number of benzene rings is 2. The monoisotopic (exact) mass is 352 g/mol. The number of hydrogen-bond acceptors (Lipinski definition) is 4. The van der Waals surface area contributed by atoms with E-state index in [1.807, 2.05) is 32.0 Å². The number of hydrogen-bond donors (Lipinski definition) is 2. The maximum atomic E-state index is 12.4. The molecule has 0 aliphatic carbocycles. The van der Waals surface area contributed by atoms with E-state index in [0.717, 1.165) is 16.8 Å². The van der Waals surface area contributed by atoms with Crippen LogP contribution in [-0.2, 0) is 0 Å². The van der Waals surface area contributed by atoms with Gasteiger partial charge in [0.05, 0.1) is 0 Å². The van der Waals surface area contributed by atoms with E-state index in [-0.39, 0.29) is 11.6 Å². The van der Waals surface area contributed by atoms with Crippen LogP contribution in [0.25, 0.3) is 0 Å². The lowest BCUT2D eigenvalue weighted by Crippen LogP contribution is -2.14. The Hall–Kier alpha value is -2.92. The first-order valence-electron chi connectivity index (χ1n) is 7.74. The third-order valence-corrected chi connectivity index (χ3v) is 3.87. The Morgan fingerprint density at radius 2 is 1.88 bits per heavy atom. The second-order valence-electron chi connectivity index (χ2n) is 5.70. The highest BCUT2D eigenvalue weighted by molar-refractivity contribution is 6.30. The van der Waals surface area contributed by atoms with Crippen molar-refractivity contribution in [2.75, 3.05) is 10.6 Å². The number of halogens is 1. The van der Waals surface area contributed by atoms with Crippen molar-refractivity contribution in [1.82, 2.24) is 9.97 Å². The molecule has 6 heteroatoms. The van der Waals surface area contributed by atoms with E-state index in [1.54, 1.807) is 30.3 Å². The molecule has 0 saturated carbocycles. The topological polar surface area (TPSA) is 66.9 Å². The number of anilines is 3. The van der Waals surface area contributed by atoms with E-state index in [1.165, 1.54) is 6.33 Å². The Morgan fingerprint density at radius 3 is 2.68 bits per heavy atom. The summed E-state index contributed by atoms with van der Waals surface area (Å²) in [5.41, 5.74) is 4.05. The van der Waals surface area contributed by atoms with Crippen LogP contribution in [0.4, 0.5) is 17.2 Å². The van der Waals surface area contributed by atoms with Crippen LogP contribution in [0.2, 0.25) is 5.02 Å². The molecule has 25 heavy (non-hydrogen) atoms. The molecule has 1 heterocycles. The van der Waals surface area contributed by atoms with Crippen molar-refractivity contribution in [2.45, 2.75) is 13.8 Å². The molecular weight excluding hydrogens is 336 g/mol. The molecule has 0 fully saturated rings. The van der Waals surface area contributed by atoms with Gasteiger partial charge in [-0.3, -0.25) is 4.79 Å². The van der Waals surface area contributed by atoms with Crippen LogP contribution in [0.15, 0.2) is 54.9 Å². The van der Waals surface area contributed by atoms with Crippen LogP contribution < -0.4 is 10.6 Å². The molecule has 0 aliphatic rings. The highest BCUT2D eigenvalue weighted by Gasteiger charge is 2.10. The predicted octanol–water partition coefficient (Wildman–Crippen LogP) is 4.74. The van der Waals surface area contributed by atoms with Gasteiger partial charge in [0, 0.05) is 22.5 Å². The second kappa shape index (κ2) is 7.32. The Bertz CT molecular complexity index is 927. The van der Waals surface area contributed by atoms with E-state index in [0.29, 0.717) is 16.5 Å². The third-order valence-electron chi connectivity index (χ3n) is 3.64. The minimum atomic E-state index is -0.325. The minimum absolute atomic E-state index is 0.266. The van der Waals surface area contributed by atoms with Crippen LogP contribution in [0, 0.1) is 13.8 Å². The lowest BCUT2D eigenvalue weighted by Gasteiger charge is -2.10. The van der Waals surface area contributed by atoms with Crippen molar-refractivity contribution in [3.05, 3.63) is 76.7 Å². The van der Waals surface area contributed by atoms with Crippen LogP contribution in [-0.4, -0.2) is 15.9 Å². The van der Waals surface area contributed by atoms with E-state index >= 15 is 0 Å². The zero-order valence-corrected chi connectivity index (χ0v) is 14.6. The van der Waals surface area contributed by atoms with E-state index in [4.69, 9.17) is 11.6 Å². The number of nitrogens with zero attached hydrogens (tertiary/aromatic N) is 2. The van der Waals surface area contributed by atoms with Crippen molar-refractivity contribution in [2.24, 2.45) is 0 Å². The standard InChI is InChI=1S/C19H17ClN4O/c1-12-6-7-13(2)16(8-12)24-18-10-17(21-11-22-18)19(25)23-15-5-3-4-14(20)9-15/h3-11H,1-2H3,(H,23,25)(H,21,22,24). The fourth-order valence-electron chi connectivity index (χ4n) is 2.32. The molecule has 2 aromatic carbocycles. The molecule has 1 aromatic heterocycles. The van der Waals surface area contributed by atoms with Crippen molar-refractivity contribution in [3.8, 4) is 0 Å². The summed E-state index contributed by atoms with van der Waals surface area (Å²) in [6.45, 7) is 4.03. The predicted molar refractivity (Wildman–Crippen MR) is 101 cm³/mol. The van der Waals surface area contributed by atoms with Gasteiger partial charge in [0.15, 0.2) is 0 Å². The highest BCUT2D eigenvalue weighted by atomic mass is 35.5. The van der Waals surface area contributed by atoms with Crippen LogP contribution >= 0.6 is 11.6 Å². The van der Waals surface area contributed by atoms with E-state index < -0.39 is 0 Å². The summed E-state index contributed by atoms with van der Waals surface area (Å²) < 4.78 is 0. The van der Waals surface area contributed by atoms with Crippen molar-refractivity contribution in [1.29, 1.82) is 0 Å².